The Balaban J connectivity index is 3.22. The van der Waals surface area contributed by atoms with Crippen molar-refractivity contribution in [2.45, 2.75) is 70.3 Å². The van der Waals surface area contributed by atoms with Gasteiger partial charge < -0.3 is 15.3 Å². The van der Waals surface area contributed by atoms with Crippen LogP contribution in [0, 0.1) is 0 Å². The van der Waals surface area contributed by atoms with E-state index in [0.29, 0.717) is 19.3 Å². The molecule has 106 valence electrons. The molecule has 0 rings (SSSR count). The second-order valence-electron chi connectivity index (χ2n) is 4.64. The van der Waals surface area contributed by atoms with E-state index < -0.39 is 18.0 Å². The van der Waals surface area contributed by atoms with Crippen LogP contribution in [0.5, 0.6) is 0 Å². The van der Waals surface area contributed by atoms with E-state index in [-0.39, 0.29) is 12.8 Å². The van der Waals surface area contributed by atoms with Gasteiger partial charge in [0, 0.05) is 12.8 Å². The number of aliphatic carboxylic acids is 2. The van der Waals surface area contributed by atoms with Crippen LogP contribution in [0.15, 0.2) is 0 Å². The highest BCUT2D eigenvalue weighted by Crippen LogP contribution is 2.12. The van der Waals surface area contributed by atoms with Crippen LogP contribution >= 0.6 is 0 Å². The highest BCUT2D eigenvalue weighted by Gasteiger charge is 2.05. The van der Waals surface area contributed by atoms with Crippen LogP contribution in [-0.2, 0) is 9.59 Å². The summed E-state index contributed by atoms with van der Waals surface area (Å²) < 4.78 is 0. The zero-order valence-corrected chi connectivity index (χ0v) is 10.8. The first-order valence-corrected chi connectivity index (χ1v) is 6.64. The monoisotopic (exact) mass is 260 g/mol. The molecule has 0 radical (unpaired) electrons. The predicted octanol–water partition coefficient (Wildman–Crippen LogP) is 2.42. The lowest BCUT2D eigenvalue weighted by atomic mass is 10.0. The number of carboxylic acids is 2. The summed E-state index contributed by atoms with van der Waals surface area (Å²) in [6, 6.07) is 0. The lowest BCUT2D eigenvalue weighted by Gasteiger charge is -2.09. The van der Waals surface area contributed by atoms with Gasteiger partial charge >= 0.3 is 11.9 Å². The summed E-state index contributed by atoms with van der Waals surface area (Å²) in [5.74, 6) is -1.57. The van der Waals surface area contributed by atoms with Gasteiger partial charge in [0.25, 0.3) is 0 Å². The zero-order valence-electron chi connectivity index (χ0n) is 10.8. The molecule has 5 nitrogen and oxygen atoms in total. The largest absolute Gasteiger partial charge is 0.481 e. The van der Waals surface area contributed by atoms with E-state index in [1.54, 1.807) is 0 Å². The standard InChI is InChI=1S/C13H24O5/c14-11(8-6-10-13(17)18)7-4-2-1-3-5-9-12(15)16/h11,14H,1-10H2,(H,15,16)(H,17,18). The van der Waals surface area contributed by atoms with Crippen LogP contribution < -0.4 is 0 Å². The predicted molar refractivity (Wildman–Crippen MR) is 67.4 cm³/mol. The molecule has 0 spiro atoms. The van der Waals surface area contributed by atoms with E-state index in [1.807, 2.05) is 0 Å². The number of carbonyl (C=O) groups is 2. The van der Waals surface area contributed by atoms with Crippen molar-refractivity contribution in [1.82, 2.24) is 0 Å². The van der Waals surface area contributed by atoms with Crippen molar-refractivity contribution in [3.63, 3.8) is 0 Å². The summed E-state index contributed by atoms with van der Waals surface area (Å²) in [4.78, 5) is 20.5. The molecule has 0 heterocycles. The lowest BCUT2D eigenvalue weighted by Crippen LogP contribution is -2.07. The highest BCUT2D eigenvalue weighted by molar-refractivity contribution is 5.66. The first-order valence-electron chi connectivity index (χ1n) is 6.64. The van der Waals surface area contributed by atoms with Crippen LogP contribution in [-0.4, -0.2) is 33.4 Å². The first-order chi connectivity index (χ1) is 8.52. The minimum Gasteiger partial charge on any atom is -0.481 e. The molecule has 0 aliphatic heterocycles. The Hall–Kier alpha value is -1.10. The average Bonchev–Trinajstić information content (AvgIpc) is 2.26. The van der Waals surface area contributed by atoms with Gasteiger partial charge in [0.05, 0.1) is 6.10 Å². The molecule has 1 atom stereocenters. The molecule has 3 N–H and O–H groups in total. The number of hydrogen-bond donors (Lipinski definition) is 3. The fourth-order valence-corrected chi connectivity index (χ4v) is 1.82. The van der Waals surface area contributed by atoms with Crippen LogP contribution in [0.4, 0.5) is 0 Å². The Morgan fingerprint density at radius 3 is 1.78 bits per heavy atom. The topological polar surface area (TPSA) is 94.8 Å². The summed E-state index contributed by atoms with van der Waals surface area (Å²) in [5, 5.41) is 26.4. The van der Waals surface area contributed by atoms with Crippen molar-refractivity contribution < 1.29 is 24.9 Å². The summed E-state index contributed by atoms with van der Waals surface area (Å²) in [5.41, 5.74) is 0. The SMILES string of the molecule is O=C(O)CCCCCCCC(O)CCCC(=O)O. The molecule has 0 saturated heterocycles. The molecule has 0 saturated carbocycles. The third kappa shape index (κ3) is 13.0. The normalized spacial score (nSPS) is 12.3. The molecule has 0 aliphatic rings. The molecular formula is C13H24O5. The highest BCUT2D eigenvalue weighted by atomic mass is 16.4. The Morgan fingerprint density at radius 2 is 1.17 bits per heavy atom. The third-order valence-electron chi connectivity index (χ3n) is 2.86. The van der Waals surface area contributed by atoms with Crippen molar-refractivity contribution in [2.24, 2.45) is 0 Å². The summed E-state index contributed by atoms with van der Waals surface area (Å²) in [6.45, 7) is 0. The second-order valence-corrected chi connectivity index (χ2v) is 4.64. The molecule has 0 aromatic rings. The van der Waals surface area contributed by atoms with E-state index in [9.17, 15) is 14.7 Å². The Labute approximate surface area is 108 Å². The maximum Gasteiger partial charge on any atom is 0.303 e. The van der Waals surface area contributed by atoms with E-state index in [1.165, 1.54) is 0 Å². The minimum atomic E-state index is -0.819. The van der Waals surface area contributed by atoms with E-state index >= 15 is 0 Å². The fraction of sp³-hybridized carbons (Fsp3) is 0.846. The third-order valence-corrected chi connectivity index (χ3v) is 2.86. The van der Waals surface area contributed by atoms with Crippen LogP contribution in [0.3, 0.4) is 0 Å². The van der Waals surface area contributed by atoms with Crippen molar-refractivity contribution in [3.8, 4) is 0 Å². The average molecular weight is 260 g/mol. The fourth-order valence-electron chi connectivity index (χ4n) is 1.82. The molecule has 0 fully saturated rings. The van der Waals surface area contributed by atoms with Crippen LogP contribution in [0.1, 0.15) is 64.2 Å². The molecule has 0 aliphatic carbocycles. The Morgan fingerprint density at radius 1 is 0.722 bits per heavy atom. The van der Waals surface area contributed by atoms with Gasteiger partial charge in [0.2, 0.25) is 0 Å². The number of unbranched alkanes of at least 4 members (excludes halogenated alkanes) is 4. The van der Waals surface area contributed by atoms with Crippen LogP contribution in [0.25, 0.3) is 0 Å². The minimum absolute atomic E-state index is 0.117. The first kappa shape index (κ1) is 16.9. The summed E-state index contributed by atoms with van der Waals surface area (Å²) in [6.07, 6.45) is 6.27. The van der Waals surface area contributed by atoms with E-state index in [4.69, 9.17) is 10.2 Å². The molecule has 0 bridgehead atoms. The van der Waals surface area contributed by atoms with Gasteiger partial charge in [-0.15, -0.1) is 0 Å². The maximum absolute atomic E-state index is 10.3. The molecule has 1 unspecified atom stereocenters. The van der Waals surface area contributed by atoms with Gasteiger partial charge in [0.15, 0.2) is 0 Å². The van der Waals surface area contributed by atoms with Gasteiger partial charge in [-0.1, -0.05) is 25.7 Å². The lowest BCUT2D eigenvalue weighted by molar-refractivity contribution is -0.138. The maximum atomic E-state index is 10.3. The molecule has 0 amide bonds. The molecular weight excluding hydrogens is 236 g/mol. The Bertz CT molecular complexity index is 240. The number of aliphatic hydroxyl groups excluding tert-OH is 1. The van der Waals surface area contributed by atoms with Gasteiger partial charge in [0.1, 0.15) is 0 Å². The second kappa shape index (κ2) is 11.0. The van der Waals surface area contributed by atoms with Gasteiger partial charge in [-0.2, -0.15) is 0 Å². The van der Waals surface area contributed by atoms with Crippen LogP contribution in [0.2, 0.25) is 0 Å². The van der Waals surface area contributed by atoms with Crippen molar-refractivity contribution in [1.29, 1.82) is 0 Å². The summed E-state index contributed by atoms with van der Waals surface area (Å²) >= 11 is 0. The zero-order chi connectivity index (χ0) is 13.8. The van der Waals surface area contributed by atoms with Crippen molar-refractivity contribution in [3.05, 3.63) is 0 Å². The summed E-state index contributed by atoms with van der Waals surface area (Å²) in [7, 11) is 0. The quantitative estimate of drug-likeness (QED) is 0.468. The Kier molecular flexibility index (Phi) is 10.3. The molecule has 0 aromatic heterocycles. The molecule has 5 heteroatoms. The van der Waals surface area contributed by atoms with Gasteiger partial charge in [-0.25, -0.2) is 0 Å². The molecule has 18 heavy (non-hydrogen) atoms. The van der Waals surface area contributed by atoms with Gasteiger partial charge in [-0.05, 0) is 25.7 Å². The smallest absolute Gasteiger partial charge is 0.303 e. The number of hydrogen-bond acceptors (Lipinski definition) is 3. The number of aliphatic hydroxyl groups is 1. The van der Waals surface area contributed by atoms with Gasteiger partial charge in [-0.3, -0.25) is 9.59 Å². The van der Waals surface area contributed by atoms with E-state index in [0.717, 1.165) is 32.1 Å². The number of carboxylic acid groups (broad SMARTS) is 2. The number of rotatable bonds is 12. The molecule has 0 aromatic carbocycles. The van der Waals surface area contributed by atoms with E-state index in [2.05, 4.69) is 0 Å². The van der Waals surface area contributed by atoms with Crippen molar-refractivity contribution >= 4 is 11.9 Å². The van der Waals surface area contributed by atoms with Crippen molar-refractivity contribution in [2.75, 3.05) is 0 Å².